The molecule has 11 heteroatoms. The van der Waals surface area contributed by atoms with Gasteiger partial charge in [0.1, 0.15) is 42.0 Å². The summed E-state index contributed by atoms with van der Waals surface area (Å²) in [5.74, 6) is -0.0748. The van der Waals surface area contributed by atoms with E-state index in [0.717, 1.165) is 0 Å². The first kappa shape index (κ1) is 23.3. The van der Waals surface area contributed by atoms with Crippen molar-refractivity contribution in [3.05, 3.63) is 76.2 Å². The SMILES string of the molecule is CC1=CC2=C3C(=CC(O)=CC3O1)OC(c1ccc(O)c(O)c1)=C2OC1OC(CO)C(O)C(O)C1O. The molecule has 186 valence electrons. The first-order chi connectivity index (χ1) is 16.7. The average Bonchev–Trinajstić information content (AvgIpc) is 2.81. The highest BCUT2D eigenvalue weighted by Crippen LogP contribution is 2.46. The number of allylic oxidation sites excluding steroid dienone is 3. The summed E-state index contributed by atoms with van der Waals surface area (Å²) in [6, 6.07) is 3.94. The van der Waals surface area contributed by atoms with Crippen molar-refractivity contribution in [1.82, 2.24) is 0 Å². The van der Waals surface area contributed by atoms with Gasteiger partial charge in [0.15, 0.2) is 23.0 Å². The summed E-state index contributed by atoms with van der Waals surface area (Å²) < 4.78 is 23.4. The first-order valence-corrected chi connectivity index (χ1v) is 10.8. The van der Waals surface area contributed by atoms with Gasteiger partial charge in [-0.15, -0.1) is 0 Å². The van der Waals surface area contributed by atoms with E-state index in [0.29, 0.717) is 16.9 Å². The van der Waals surface area contributed by atoms with Gasteiger partial charge in [0.25, 0.3) is 0 Å². The predicted molar refractivity (Wildman–Crippen MR) is 117 cm³/mol. The maximum Gasteiger partial charge on any atom is 0.229 e. The van der Waals surface area contributed by atoms with Crippen LogP contribution in [0.25, 0.3) is 5.76 Å². The molecule has 4 aliphatic rings. The van der Waals surface area contributed by atoms with Crippen molar-refractivity contribution < 1.29 is 54.7 Å². The number of aromatic hydroxyl groups is 2. The molecular weight excluding hydrogens is 464 g/mol. The smallest absolute Gasteiger partial charge is 0.229 e. The minimum Gasteiger partial charge on any atom is -0.508 e. The number of aliphatic hydroxyl groups is 5. The number of hydrogen-bond acceptors (Lipinski definition) is 11. The van der Waals surface area contributed by atoms with Crippen molar-refractivity contribution in [2.24, 2.45) is 0 Å². The molecule has 6 atom stereocenters. The number of benzene rings is 1. The number of aliphatic hydroxyl groups excluding tert-OH is 5. The summed E-state index contributed by atoms with van der Waals surface area (Å²) in [6.45, 7) is 1.05. The monoisotopic (exact) mass is 488 g/mol. The van der Waals surface area contributed by atoms with Gasteiger partial charge in [-0.1, -0.05) is 0 Å². The highest BCUT2D eigenvalue weighted by molar-refractivity contribution is 5.75. The molecule has 0 radical (unpaired) electrons. The van der Waals surface area contributed by atoms with Gasteiger partial charge in [-0.05, 0) is 31.2 Å². The lowest BCUT2D eigenvalue weighted by atomic mass is 9.89. The molecule has 1 fully saturated rings. The van der Waals surface area contributed by atoms with E-state index in [1.54, 1.807) is 13.0 Å². The molecule has 3 aliphatic heterocycles. The second-order valence-corrected chi connectivity index (χ2v) is 8.50. The van der Waals surface area contributed by atoms with Crippen LogP contribution in [0.5, 0.6) is 11.5 Å². The van der Waals surface area contributed by atoms with Gasteiger partial charge in [-0.25, -0.2) is 0 Å². The number of hydrogen-bond donors (Lipinski definition) is 7. The van der Waals surface area contributed by atoms with E-state index in [-0.39, 0.29) is 34.3 Å². The Morgan fingerprint density at radius 1 is 0.971 bits per heavy atom. The zero-order valence-electron chi connectivity index (χ0n) is 18.4. The Hall–Kier alpha value is -3.48. The molecule has 5 rings (SSSR count). The molecule has 11 nitrogen and oxygen atoms in total. The number of rotatable bonds is 4. The van der Waals surface area contributed by atoms with Crippen LogP contribution in [0.15, 0.2) is 70.6 Å². The molecule has 0 spiro atoms. The van der Waals surface area contributed by atoms with Crippen LogP contribution >= 0.6 is 0 Å². The largest absolute Gasteiger partial charge is 0.508 e. The van der Waals surface area contributed by atoms with Crippen LogP contribution in [0, 0.1) is 0 Å². The maximum atomic E-state index is 10.5. The molecule has 6 unspecified atom stereocenters. The highest BCUT2D eigenvalue weighted by Gasteiger charge is 2.46. The van der Waals surface area contributed by atoms with E-state index in [1.807, 2.05) is 0 Å². The fraction of sp³-hybridized carbons (Fsp3) is 0.333. The topological polar surface area (TPSA) is 179 Å². The minimum atomic E-state index is -1.69. The van der Waals surface area contributed by atoms with E-state index < -0.39 is 49.2 Å². The lowest BCUT2D eigenvalue weighted by Gasteiger charge is -2.41. The van der Waals surface area contributed by atoms with Gasteiger partial charge in [0, 0.05) is 23.3 Å². The molecule has 7 N–H and O–H groups in total. The van der Waals surface area contributed by atoms with Crippen molar-refractivity contribution in [2.45, 2.75) is 43.7 Å². The van der Waals surface area contributed by atoms with Gasteiger partial charge in [0.05, 0.1) is 17.9 Å². The predicted octanol–water partition coefficient (Wildman–Crippen LogP) is 0.552. The fourth-order valence-electron chi connectivity index (χ4n) is 4.34. The Morgan fingerprint density at radius 3 is 2.46 bits per heavy atom. The second-order valence-electron chi connectivity index (χ2n) is 8.50. The third kappa shape index (κ3) is 3.93. The Balaban J connectivity index is 1.66. The molecule has 35 heavy (non-hydrogen) atoms. The van der Waals surface area contributed by atoms with Crippen LogP contribution in [0.1, 0.15) is 12.5 Å². The molecule has 0 aromatic heterocycles. The van der Waals surface area contributed by atoms with Crippen LogP contribution in [-0.2, 0) is 18.9 Å². The molecule has 1 aromatic rings. The van der Waals surface area contributed by atoms with E-state index in [9.17, 15) is 35.7 Å². The molecule has 1 saturated heterocycles. The molecular formula is C24H24O11. The normalized spacial score (nSPS) is 32.1. The van der Waals surface area contributed by atoms with Crippen LogP contribution < -0.4 is 0 Å². The quantitative estimate of drug-likeness (QED) is 0.294. The zero-order valence-corrected chi connectivity index (χ0v) is 18.4. The van der Waals surface area contributed by atoms with Crippen molar-refractivity contribution in [2.75, 3.05) is 6.61 Å². The summed E-state index contributed by atoms with van der Waals surface area (Å²) in [5.41, 5.74) is 1.25. The number of phenols is 2. The Kier molecular flexibility index (Phi) is 5.74. The summed E-state index contributed by atoms with van der Waals surface area (Å²) in [7, 11) is 0. The van der Waals surface area contributed by atoms with E-state index in [2.05, 4.69) is 0 Å². The van der Waals surface area contributed by atoms with Gasteiger partial charge in [-0.2, -0.15) is 0 Å². The Bertz CT molecular complexity index is 1210. The zero-order chi connectivity index (χ0) is 25.0. The molecule has 1 aromatic carbocycles. The van der Waals surface area contributed by atoms with Crippen molar-refractivity contribution in [1.29, 1.82) is 0 Å². The van der Waals surface area contributed by atoms with Crippen molar-refractivity contribution >= 4 is 5.76 Å². The average molecular weight is 488 g/mol. The standard InChI is InChI=1S/C24H24O11/c1-9-4-12-18-15(32-9)6-11(26)7-16(18)33-22(10-2-3-13(27)14(28)5-10)23(12)35-24-21(31)20(30)19(29)17(8-25)34-24/h2-7,15,17,19-21,24-31H,8H2,1H3. The Morgan fingerprint density at radius 2 is 1.74 bits per heavy atom. The van der Waals surface area contributed by atoms with Crippen molar-refractivity contribution in [3.8, 4) is 11.5 Å². The Labute approximate surface area is 199 Å². The third-order valence-electron chi connectivity index (χ3n) is 6.08. The van der Waals surface area contributed by atoms with Crippen molar-refractivity contribution in [3.63, 3.8) is 0 Å². The summed E-state index contributed by atoms with van der Waals surface area (Å²) in [5, 5.41) is 70.4. The van der Waals surface area contributed by atoms with E-state index in [1.165, 1.54) is 30.4 Å². The minimum absolute atomic E-state index is 0.0361. The first-order valence-electron chi connectivity index (χ1n) is 10.8. The molecule has 3 heterocycles. The molecule has 1 aliphatic carbocycles. The number of phenolic OH excluding ortho intramolecular Hbond substituents is 2. The van der Waals surface area contributed by atoms with Gasteiger partial charge in [0.2, 0.25) is 6.29 Å². The molecule has 0 saturated carbocycles. The second kappa shape index (κ2) is 8.63. The van der Waals surface area contributed by atoms with Crippen LogP contribution in [0.3, 0.4) is 0 Å². The third-order valence-corrected chi connectivity index (χ3v) is 6.08. The lowest BCUT2D eigenvalue weighted by molar-refractivity contribution is -0.290. The maximum absolute atomic E-state index is 10.5. The molecule has 0 bridgehead atoms. The van der Waals surface area contributed by atoms with E-state index in [4.69, 9.17) is 18.9 Å². The number of ether oxygens (including phenoxy) is 4. The van der Waals surface area contributed by atoms with Crippen LogP contribution in [0.2, 0.25) is 0 Å². The van der Waals surface area contributed by atoms with Gasteiger partial charge in [-0.3, -0.25) is 0 Å². The van der Waals surface area contributed by atoms with E-state index >= 15 is 0 Å². The van der Waals surface area contributed by atoms with Crippen LogP contribution in [0.4, 0.5) is 0 Å². The van der Waals surface area contributed by atoms with Gasteiger partial charge < -0.3 is 54.7 Å². The van der Waals surface area contributed by atoms with Gasteiger partial charge >= 0.3 is 0 Å². The summed E-state index contributed by atoms with van der Waals surface area (Å²) in [6.07, 6.45) is -3.85. The lowest BCUT2D eigenvalue weighted by Crippen LogP contribution is -2.59. The fourth-order valence-corrected chi connectivity index (χ4v) is 4.34. The summed E-state index contributed by atoms with van der Waals surface area (Å²) >= 11 is 0. The molecule has 0 amide bonds. The summed E-state index contributed by atoms with van der Waals surface area (Å²) in [4.78, 5) is 0. The van der Waals surface area contributed by atoms with Crippen LogP contribution in [-0.4, -0.2) is 79.2 Å². The highest BCUT2D eigenvalue weighted by atomic mass is 16.7.